The molecule has 1 N–H and O–H groups in total. The van der Waals surface area contributed by atoms with Crippen molar-refractivity contribution in [2.24, 2.45) is 34.5 Å². The van der Waals surface area contributed by atoms with E-state index < -0.39 is 0 Å². The standard InChI is InChI=1S/C21H34O3/c1-19-8-5-15(22)13-14(19)3-4-16-17(19)6-9-20(2)18(16)7-10-21(20)23-11-12-24-21/h14-18,22H,3-13H2,1-2H3/t14-,15-,16-,17+,18+,19-,20-/m0/s1. The van der Waals surface area contributed by atoms with Crippen molar-refractivity contribution in [2.75, 3.05) is 13.2 Å². The third kappa shape index (κ3) is 1.90. The summed E-state index contributed by atoms with van der Waals surface area (Å²) in [5.41, 5.74) is 0.693. The lowest BCUT2D eigenvalue weighted by Crippen LogP contribution is -2.57. The summed E-state index contributed by atoms with van der Waals surface area (Å²) < 4.78 is 12.5. The molecule has 0 bridgehead atoms. The van der Waals surface area contributed by atoms with E-state index in [1.165, 1.54) is 38.5 Å². The van der Waals surface area contributed by atoms with Gasteiger partial charge in [-0.2, -0.15) is 0 Å². The monoisotopic (exact) mass is 334 g/mol. The molecule has 0 radical (unpaired) electrons. The molecule has 1 spiro atoms. The highest BCUT2D eigenvalue weighted by Crippen LogP contribution is 2.69. The summed E-state index contributed by atoms with van der Waals surface area (Å²) >= 11 is 0. The first-order valence-corrected chi connectivity index (χ1v) is 10.4. The van der Waals surface area contributed by atoms with E-state index in [4.69, 9.17) is 9.47 Å². The Hall–Kier alpha value is -0.120. The molecule has 1 saturated heterocycles. The predicted molar refractivity (Wildman–Crippen MR) is 92.4 cm³/mol. The van der Waals surface area contributed by atoms with Gasteiger partial charge in [-0.3, -0.25) is 0 Å². The summed E-state index contributed by atoms with van der Waals surface area (Å²) in [6.45, 7) is 6.61. The van der Waals surface area contributed by atoms with Crippen LogP contribution in [0.1, 0.15) is 71.6 Å². The van der Waals surface area contributed by atoms with Crippen LogP contribution in [0.25, 0.3) is 0 Å². The van der Waals surface area contributed by atoms with Gasteiger partial charge in [-0.15, -0.1) is 0 Å². The quantitative estimate of drug-likeness (QED) is 0.724. The Morgan fingerprint density at radius 1 is 0.833 bits per heavy atom. The molecule has 5 aliphatic rings. The van der Waals surface area contributed by atoms with Gasteiger partial charge >= 0.3 is 0 Å². The molecule has 24 heavy (non-hydrogen) atoms. The number of rotatable bonds is 0. The second-order valence-electron chi connectivity index (χ2n) is 10.0. The van der Waals surface area contributed by atoms with Crippen molar-refractivity contribution in [3.05, 3.63) is 0 Å². The molecule has 0 aromatic heterocycles. The van der Waals surface area contributed by atoms with Gasteiger partial charge in [0.2, 0.25) is 0 Å². The van der Waals surface area contributed by atoms with E-state index >= 15 is 0 Å². The minimum Gasteiger partial charge on any atom is -0.393 e. The molecule has 1 aliphatic heterocycles. The van der Waals surface area contributed by atoms with E-state index in [0.717, 1.165) is 56.1 Å². The molecule has 0 aromatic carbocycles. The summed E-state index contributed by atoms with van der Waals surface area (Å²) in [6, 6.07) is 0. The van der Waals surface area contributed by atoms with Gasteiger partial charge in [0.05, 0.1) is 19.3 Å². The second kappa shape index (κ2) is 5.20. The van der Waals surface area contributed by atoms with E-state index in [1.54, 1.807) is 0 Å². The average Bonchev–Trinajstić information content (AvgIpc) is 3.15. The lowest BCUT2D eigenvalue weighted by Gasteiger charge is -2.61. The maximum atomic E-state index is 10.2. The van der Waals surface area contributed by atoms with Crippen molar-refractivity contribution >= 4 is 0 Å². The molecule has 136 valence electrons. The third-order valence-electron chi connectivity index (χ3n) is 9.44. The fourth-order valence-electron chi connectivity index (χ4n) is 8.12. The van der Waals surface area contributed by atoms with Crippen molar-refractivity contribution in [3.63, 3.8) is 0 Å². The Bertz CT molecular complexity index is 513. The zero-order chi connectivity index (χ0) is 16.6. The lowest BCUT2D eigenvalue weighted by molar-refractivity contribution is -0.247. The number of hydrogen-bond acceptors (Lipinski definition) is 3. The molecule has 3 nitrogen and oxygen atoms in total. The Balaban J connectivity index is 1.45. The van der Waals surface area contributed by atoms with Crippen LogP contribution < -0.4 is 0 Å². The van der Waals surface area contributed by atoms with Crippen LogP contribution in [0.5, 0.6) is 0 Å². The van der Waals surface area contributed by atoms with Gasteiger partial charge in [0, 0.05) is 11.8 Å². The fraction of sp³-hybridized carbons (Fsp3) is 1.00. The molecule has 0 aromatic rings. The number of aliphatic hydroxyl groups excluding tert-OH is 1. The fourth-order valence-corrected chi connectivity index (χ4v) is 8.12. The van der Waals surface area contributed by atoms with Gasteiger partial charge in [-0.05, 0) is 80.5 Å². The minimum absolute atomic E-state index is 0.0384. The normalized spacial score (nSPS) is 55.9. The largest absolute Gasteiger partial charge is 0.393 e. The molecule has 5 rings (SSSR count). The van der Waals surface area contributed by atoms with Crippen LogP contribution in [0.4, 0.5) is 0 Å². The molecule has 3 heteroatoms. The Kier molecular flexibility index (Phi) is 3.49. The van der Waals surface area contributed by atoms with Crippen LogP contribution in [0, 0.1) is 34.5 Å². The molecule has 0 amide bonds. The average molecular weight is 335 g/mol. The Labute approximate surface area is 146 Å². The van der Waals surface area contributed by atoms with Gasteiger partial charge in [0.15, 0.2) is 5.79 Å². The first-order valence-electron chi connectivity index (χ1n) is 10.4. The topological polar surface area (TPSA) is 38.7 Å². The van der Waals surface area contributed by atoms with E-state index in [2.05, 4.69) is 13.8 Å². The van der Waals surface area contributed by atoms with E-state index in [-0.39, 0.29) is 17.3 Å². The minimum atomic E-state index is -0.261. The zero-order valence-corrected chi connectivity index (χ0v) is 15.4. The molecular weight excluding hydrogens is 300 g/mol. The Morgan fingerprint density at radius 3 is 2.38 bits per heavy atom. The SMILES string of the molecule is C[C@]12CC[C@H](O)C[C@@H]1CC[C@H]1[C@H]2CC[C@@]2(C)[C@@H]1CCC21OCCO1. The molecule has 4 aliphatic carbocycles. The first kappa shape index (κ1) is 16.1. The molecule has 5 fully saturated rings. The summed E-state index contributed by atoms with van der Waals surface area (Å²) in [5.74, 6) is 2.98. The van der Waals surface area contributed by atoms with Crippen molar-refractivity contribution in [1.82, 2.24) is 0 Å². The zero-order valence-electron chi connectivity index (χ0n) is 15.4. The summed E-state index contributed by atoms with van der Waals surface area (Å²) in [5, 5.41) is 10.2. The van der Waals surface area contributed by atoms with Crippen molar-refractivity contribution in [1.29, 1.82) is 0 Å². The third-order valence-corrected chi connectivity index (χ3v) is 9.44. The highest BCUT2D eigenvalue weighted by atomic mass is 16.7. The molecular formula is C21H34O3. The van der Waals surface area contributed by atoms with Crippen LogP contribution in [0.2, 0.25) is 0 Å². The highest BCUT2D eigenvalue weighted by molar-refractivity contribution is 5.12. The smallest absolute Gasteiger partial charge is 0.174 e. The van der Waals surface area contributed by atoms with Crippen LogP contribution in [-0.2, 0) is 9.47 Å². The number of aliphatic hydroxyl groups is 1. The molecule has 1 heterocycles. The number of hydrogen-bond donors (Lipinski definition) is 1. The van der Waals surface area contributed by atoms with Crippen molar-refractivity contribution < 1.29 is 14.6 Å². The van der Waals surface area contributed by atoms with E-state index in [0.29, 0.717) is 5.41 Å². The molecule has 0 unspecified atom stereocenters. The Morgan fingerprint density at radius 2 is 1.58 bits per heavy atom. The summed E-state index contributed by atoms with van der Waals surface area (Å²) in [6.07, 6.45) is 11.0. The van der Waals surface area contributed by atoms with Gasteiger partial charge in [0.25, 0.3) is 0 Å². The number of ether oxygens (including phenoxy) is 2. The van der Waals surface area contributed by atoms with Gasteiger partial charge in [-0.25, -0.2) is 0 Å². The van der Waals surface area contributed by atoms with Crippen molar-refractivity contribution in [2.45, 2.75) is 83.5 Å². The van der Waals surface area contributed by atoms with Gasteiger partial charge in [0.1, 0.15) is 0 Å². The van der Waals surface area contributed by atoms with Crippen molar-refractivity contribution in [3.8, 4) is 0 Å². The van der Waals surface area contributed by atoms with Crippen LogP contribution in [-0.4, -0.2) is 30.2 Å². The van der Waals surface area contributed by atoms with Crippen LogP contribution in [0.15, 0.2) is 0 Å². The highest BCUT2D eigenvalue weighted by Gasteiger charge is 2.67. The summed E-state index contributed by atoms with van der Waals surface area (Å²) in [7, 11) is 0. The lowest BCUT2D eigenvalue weighted by atomic mass is 9.45. The maximum absolute atomic E-state index is 10.2. The molecule has 4 saturated carbocycles. The van der Waals surface area contributed by atoms with Gasteiger partial charge < -0.3 is 14.6 Å². The van der Waals surface area contributed by atoms with E-state index in [9.17, 15) is 5.11 Å². The van der Waals surface area contributed by atoms with Crippen LogP contribution >= 0.6 is 0 Å². The van der Waals surface area contributed by atoms with Crippen LogP contribution in [0.3, 0.4) is 0 Å². The summed E-state index contributed by atoms with van der Waals surface area (Å²) in [4.78, 5) is 0. The molecule has 7 atom stereocenters. The first-order chi connectivity index (χ1) is 11.5. The number of fused-ring (bicyclic) bond motifs is 6. The predicted octanol–water partition coefficient (Wildman–Crippen LogP) is 4.13. The maximum Gasteiger partial charge on any atom is 0.174 e. The van der Waals surface area contributed by atoms with Gasteiger partial charge in [-0.1, -0.05) is 13.8 Å². The second-order valence-corrected chi connectivity index (χ2v) is 10.0. The van der Waals surface area contributed by atoms with E-state index in [1.807, 2.05) is 0 Å².